The minimum atomic E-state index is -0.235. The van der Waals surface area contributed by atoms with E-state index in [1.807, 2.05) is 18.5 Å². The largest absolute Gasteiger partial charge is 0.377 e. The van der Waals surface area contributed by atoms with Gasteiger partial charge < -0.3 is 10.5 Å². The van der Waals surface area contributed by atoms with Crippen LogP contribution in [0.2, 0.25) is 5.02 Å². The van der Waals surface area contributed by atoms with E-state index in [0.29, 0.717) is 11.6 Å². The molecule has 0 aromatic carbocycles. The maximum Gasteiger partial charge on any atom is 0.0835 e. The second-order valence-electron chi connectivity index (χ2n) is 3.79. The molecule has 0 saturated heterocycles. The first kappa shape index (κ1) is 13.5. The molecule has 92 valence electrons. The van der Waals surface area contributed by atoms with E-state index in [2.05, 4.69) is 12.0 Å². The third-order valence-electron chi connectivity index (χ3n) is 2.52. The average molecular weight is 246 g/mol. The molecule has 0 aliphatic heterocycles. The highest BCUT2D eigenvalue weighted by molar-refractivity contribution is 6.31. The van der Waals surface area contributed by atoms with E-state index in [9.17, 15) is 0 Å². The van der Waals surface area contributed by atoms with Crippen LogP contribution < -0.4 is 5.73 Å². The van der Waals surface area contributed by atoms with Gasteiger partial charge >= 0.3 is 0 Å². The summed E-state index contributed by atoms with van der Waals surface area (Å²) in [4.78, 5) is 0. The van der Waals surface area contributed by atoms with Crippen LogP contribution in [0.4, 0.5) is 0 Å². The zero-order chi connectivity index (χ0) is 12.1. The molecule has 0 amide bonds. The zero-order valence-corrected chi connectivity index (χ0v) is 10.9. The summed E-state index contributed by atoms with van der Waals surface area (Å²) in [7, 11) is 0. The summed E-state index contributed by atoms with van der Waals surface area (Å²) in [5.74, 6) is 0. The fourth-order valence-electron chi connectivity index (χ4n) is 1.68. The number of ether oxygens (including phenoxy) is 1. The Morgan fingerprint density at radius 1 is 1.56 bits per heavy atom. The fraction of sp³-hybridized carbons (Fsp3) is 0.727. The lowest BCUT2D eigenvalue weighted by Gasteiger charge is -2.21. The fourth-order valence-corrected chi connectivity index (χ4v) is 1.95. The monoisotopic (exact) mass is 245 g/mol. The lowest BCUT2D eigenvalue weighted by molar-refractivity contribution is 0.0553. The van der Waals surface area contributed by atoms with Gasteiger partial charge in [-0.1, -0.05) is 18.5 Å². The van der Waals surface area contributed by atoms with Crippen LogP contribution >= 0.6 is 11.6 Å². The maximum absolute atomic E-state index is 6.13. The zero-order valence-electron chi connectivity index (χ0n) is 10.1. The Kier molecular flexibility index (Phi) is 5.25. The molecule has 0 fully saturated rings. The average Bonchev–Trinajstić information content (AvgIpc) is 2.60. The number of aromatic nitrogens is 2. The third kappa shape index (κ3) is 2.97. The summed E-state index contributed by atoms with van der Waals surface area (Å²) in [5.41, 5.74) is 7.00. The normalized spacial score (nSPS) is 15.1. The topological polar surface area (TPSA) is 53.1 Å². The van der Waals surface area contributed by atoms with Crippen LogP contribution in [0.3, 0.4) is 0 Å². The SMILES string of the molecule is CCCn1ncc(Cl)c1C(N)C(C)OCC. The number of aryl methyl sites for hydroxylation is 1. The van der Waals surface area contributed by atoms with Crippen molar-refractivity contribution in [1.29, 1.82) is 0 Å². The Balaban J connectivity index is 2.87. The molecule has 16 heavy (non-hydrogen) atoms. The van der Waals surface area contributed by atoms with E-state index in [-0.39, 0.29) is 12.1 Å². The Morgan fingerprint density at radius 2 is 2.25 bits per heavy atom. The van der Waals surface area contributed by atoms with Crippen molar-refractivity contribution in [2.45, 2.75) is 45.9 Å². The van der Waals surface area contributed by atoms with Crippen molar-refractivity contribution in [2.24, 2.45) is 5.73 Å². The predicted molar refractivity (Wildman–Crippen MR) is 65.5 cm³/mol. The second-order valence-corrected chi connectivity index (χ2v) is 4.19. The van der Waals surface area contributed by atoms with Gasteiger partial charge in [0.15, 0.2) is 0 Å². The quantitative estimate of drug-likeness (QED) is 0.837. The van der Waals surface area contributed by atoms with E-state index in [1.54, 1.807) is 6.20 Å². The number of hydrogen-bond acceptors (Lipinski definition) is 3. The van der Waals surface area contributed by atoms with E-state index in [0.717, 1.165) is 18.7 Å². The number of nitrogens with two attached hydrogens (primary N) is 1. The molecule has 2 N–H and O–H groups in total. The van der Waals surface area contributed by atoms with E-state index in [4.69, 9.17) is 22.1 Å². The highest BCUT2D eigenvalue weighted by atomic mass is 35.5. The number of rotatable bonds is 6. The van der Waals surface area contributed by atoms with Crippen molar-refractivity contribution in [3.8, 4) is 0 Å². The molecule has 0 aliphatic carbocycles. The molecule has 5 heteroatoms. The highest BCUT2D eigenvalue weighted by Crippen LogP contribution is 2.24. The summed E-state index contributed by atoms with van der Waals surface area (Å²) in [6.07, 6.45) is 2.58. The lowest BCUT2D eigenvalue weighted by Crippen LogP contribution is -2.29. The molecule has 0 radical (unpaired) electrons. The van der Waals surface area contributed by atoms with Crippen LogP contribution in [-0.2, 0) is 11.3 Å². The molecule has 2 atom stereocenters. The van der Waals surface area contributed by atoms with Gasteiger partial charge in [0.25, 0.3) is 0 Å². The smallest absolute Gasteiger partial charge is 0.0835 e. The highest BCUT2D eigenvalue weighted by Gasteiger charge is 2.22. The standard InChI is InChI=1S/C11H20ClN3O/c1-4-6-15-11(9(12)7-14-15)10(13)8(3)16-5-2/h7-8,10H,4-6,13H2,1-3H3. The molecule has 4 nitrogen and oxygen atoms in total. The van der Waals surface area contributed by atoms with Crippen molar-refractivity contribution in [3.05, 3.63) is 16.9 Å². The third-order valence-corrected chi connectivity index (χ3v) is 2.81. The van der Waals surface area contributed by atoms with Crippen molar-refractivity contribution in [2.75, 3.05) is 6.61 Å². The van der Waals surface area contributed by atoms with E-state index >= 15 is 0 Å². The molecule has 0 bridgehead atoms. The number of nitrogens with zero attached hydrogens (tertiary/aromatic N) is 2. The second kappa shape index (κ2) is 6.23. The summed E-state index contributed by atoms with van der Waals surface area (Å²) in [6, 6.07) is -0.235. The van der Waals surface area contributed by atoms with Gasteiger partial charge in [0.1, 0.15) is 0 Å². The number of halogens is 1. The Bertz CT molecular complexity index is 327. The van der Waals surface area contributed by atoms with Crippen molar-refractivity contribution in [3.63, 3.8) is 0 Å². The molecule has 1 heterocycles. The summed E-state index contributed by atoms with van der Waals surface area (Å²) < 4.78 is 7.35. The van der Waals surface area contributed by atoms with Crippen molar-refractivity contribution >= 4 is 11.6 Å². The molecule has 2 unspecified atom stereocenters. The summed E-state index contributed by atoms with van der Waals surface area (Å²) in [6.45, 7) is 7.47. The van der Waals surface area contributed by atoms with Crippen LogP contribution in [0.15, 0.2) is 6.20 Å². The van der Waals surface area contributed by atoms with Crippen LogP contribution in [0, 0.1) is 0 Å². The molecular formula is C11H20ClN3O. The van der Waals surface area contributed by atoms with Crippen LogP contribution in [0.1, 0.15) is 38.9 Å². The lowest BCUT2D eigenvalue weighted by atomic mass is 10.1. The van der Waals surface area contributed by atoms with Crippen LogP contribution in [0.5, 0.6) is 0 Å². The van der Waals surface area contributed by atoms with Crippen molar-refractivity contribution < 1.29 is 4.74 Å². The Morgan fingerprint density at radius 3 is 2.81 bits per heavy atom. The molecule has 0 aliphatic rings. The first-order valence-corrected chi connectivity index (χ1v) is 6.07. The maximum atomic E-state index is 6.13. The van der Waals surface area contributed by atoms with Gasteiger partial charge in [0.2, 0.25) is 0 Å². The van der Waals surface area contributed by atoms with Gasteiger partial charge in [-0.15, -0.1) is 0 Å². The number of hydrogen-bond donors (Lipinski definition) is 1. The van der Waals surface area contributed by atoms with E-state index < -0.39 is 0 Å². The van der Waals surface area contributed by atoms with Gasteiger partial charge in [0.05, 0.1) is 29.1 Å². The molecule has 1 aromatic heterocycles. The first-order valence-electron chi connectivity index (χ1n) is 5.70. The Hall–Kier alpha value is -0.580. The van der Waals surface area contributed by atoms with Gasteiger partial charge in [-0.05, 0) is 20.3 Å². The molecule has 0 spiro atoms. The predicted octanol–water partition coefficient (Wildman–Crippen LogP) is 2.37. The summed E-state index contributed by atoms with van der Waals surface area (Å²) in [5, 5.41) is 4.84. The molecule has 1 aromatic rings. The van der Waals surface area contributed by atoms with Gasteiger partial charge in [0, 0.05) is 13.2 Å². The van der Waals surface area contributed by atoms with E-state index in [1.165, 1.54) is 0 Å². The minimum Gasteiger partial charge on any atom is -0.377 e. The molecule has 0 saturated carbocycles. The molecule has 1 rings (SSSR count). The first-order chi connectivity index (χ1) is 7.61. The van der Waals surface area contributed by atoms with Gasteiger partial charge in [-0.25, -0.2) is 0 Å². The van der Waals surface area contributed by atoms with Crippen molar-refractivity contribution in [1.82, 2.24) is 9.78 Å². The molecular weight excluding hydrogens is 226 g/mol. The summed E-state index contributed by atoms with van der Waals surface area (Å²) >= 11 is 6.10. The van der Waals surface area contributed by atoms with Gasteiger partial charge in [-0.3, -0.25) is 4.68 Å². The van der Waals surface area contributed by atoms with Crippen LogP contribution in [-0.4, -0.2) is 22.5 Å². The Labute approximate surface area is 102 Å². The minimum absolute atomic E-state index is 0.0604. The van der Waals surface area contributed by atoms with Gasteiger partial charge in [-0.2, -0.15) is 5.10 Å². The van der Waals surface area contributed by atoms with Crippen LogP contribution in [0.25, 0.3) is 0 Å².